The minimum absolute atomic E-state index is 0.186. The molecule has 2 rings (SSSR count). The highest BCUT2D eigenvalue weighted by Crippen LogP contribution is 2.30. The number of halogens is 1. The molecule has 0 fully saturated rings. The SMILES string of the molecule is Cc1cc(Nc2ncnc(NN)c2C(C)C)ccc1F. The molecule has 4 N–H and O–H groups in total. The van der Waals surface area contributed by atoms with Gasteiger partial charge in [0, 0.05) is 11.3 Å². The molecule has 106 valence electrons. The van der Waals surface area contributed by atoms with Gasteiger partial charge in [-0.25, -0.2) is 20.2 Å². The molecule has 0 aliphatic rings. The van der Waals surface area contributed by atoms with Gasteiger partial charge in [0.05, 0.1) is 0 Å². The summed E-state index contributed by atoms with van der Waals surface area (Å²) in [6, 6.07) is 4.83. The molecule has 1 heterocycles. The monoisotopic (exact) mass is 275 g/mol. The first-order chi connectivity index (χ1) is 9.52. The average Bonchev–Trinajstić information content (AvgIpc) is 2.42. The van der Waals surface area contributed by atoms with Crippen LogP contribution in [-0.4, -0.2) is 9.97 Å². The number of nitrogens with one attached hydrogen (secondary N) is 2. The summed E-state index contributed by atoms with van der Waals surface area (Å²) in [5, 5.41) is 3.18. The third kappa shape index (κ3) is 2.85. The number of nitrogens with two attached hydrogens (primary N) is 1. The van der Waals surface area contributed by atoms with Gasteiger partial charge in [0.25, 0.3) is 0 Å². The molecule has 0 amide bonds. The van der Waals surface area contributed by atoms with E-state index in [1.807, 2.05) is 13.8 Å². The van der Waals surface area contributed by atoms with Crippen LogP contribution >= 0.6 is 0 Å². The van der Waals surface area contributed by atoms with Crippen LogP contribution in [0.5, 0.6) is 0 Å². The Balaban J connectivity index is 2.40. The number of nitrogen functional groups attached to an aromatic ring is 1. The minimum Gasteiger partial charge on any atom is -0.340 e. The van der Waals surface area contributed by atoms with E-state index in [4.69, 9.17) is 5.84 Å². The molecule has 0 bridgehead atoms. The highest BCUT2D eigenvalue weighted by Gasteiger charge is 2.14. The summed E-state index contributed by atoms with van der Waals surface area (Å²) in [5.41, 5.74) is 4.81. The first-order valence-electron chi connectivity index (χ1n) is 6.37. The highest BCUT2D eigenvalue weighted by molar-refractivity contribution is 5.66. The predicted octanol–water partition coefficient (Wildman–Crippen LogP) is 3.08. The van der Waals surface area contributed by atoms with Crippen LogP contribution in [0.2, 0.25) is 0 Å². The van der Waals surface area contributed by atoms with Gasteiger partial charge >= 0.3 is 0 Å². The van der Waals surface area contributed by atoms with Gasteiger partial charge in [0.1, 0.15) is 23.8 Å². The minimum atomic E-state index is -0.230. The number of nitrogens with zero attached hydrogens (tertiary/aromatic N) is 2. The predicted molar refractivity (Wildman–Crippen MR) is 78.4 cm³/mol. The van der Waals surface area contributed by atoms with Crippen LogP contribution in [0, 0.1) is 12.7 Å². The van der Waals surface area contributed by atoms with Crippen molar-refractivity contribution < 1.29 is 4.39 Å². The largest absolute Gasteiger partial charge is 0.340 e. The zero-order valence-electron chi connectivity index (χ0n) is 11.7. The van der Waals surface area contributed by atoms with Crippen molar-refractivity contribution in [3.63, 3.8) is 0 Å². The number of rotatable bonds is 4. The number of hydrogen-bond acceptors (Lipinski definition) is 5. The Kier molecular flexibility index (Phi) is 4.14. The van der Waals surface area contributed by atoms with Crippen LogP contribution < -0.4 is 16.6 Å². The van der Waals surface area contributed by atoms with E-state index in [0.29, 0.717) is 17.2 Å². The molecule has 0 saturated carbocycles. The molecule has 20 heavy (non-hydrogen) atoms. The number of benzene rings is 1. The second-order valence-corrected chi connectivity index (χ2v) is 4.87. The number of anilines is 3. The lowest BCUT2D eigenvalue weighted by Gasteiger charge is -2.16. The van der Waals surface area contributed by atoms with E-state index in [-0.39, 0.29) is 11.7 Å². The first-order valence-corrected chi connectivity index (χ1v) is 6.37. The lowest BCUT2D eigenvalue weighted by atomic mass is 10.0. The maximum Gasteiger partial charge on any atom is 0.148 e. The Morgan fingerprint density at radius 1 is 1.20 bits per heavy atom. The Hall–Kier alpha value is -2.21. The number of hydrogen-bond donors (Lipinski definition) is 3. The molecular weight excluding hydrogens is 257 g/mol. The quantitative estimate of drug-likeness (QED) is 0.590. The number of aromatic nitrogens is 2. The molecule has 0 spiro atoms. The van der Waals surface area contributed by atoms with Crippen LogP contribution in [0.1, 0.15) is 30.9 Å². The molecule has 2 aromatic rings. The standard InChI is InChI=1S/C14H18FN5/c1-8(2)12-13(17-7-18-14(12)20-16)19-10-4-5-11(15)9(3)6-10/h4-8H,16H2,1-3H3,(H2,17,18,19,20). The third-order valence-corrected chi connectivity index (χ3v) is 3.02. The Morgan fingerprint density at radius 2 is 1.90 bits per heavy atom. The lowest BCUT2D eigenvalue weighted by Crippen LogP contribution is -2.14. The summed E-state index contributed by atoms with van der Waals surface area (Å²) in [6.45, 7) is 5.78. The summed E-state index contributed by atoms with van der Waals surface area (Å²) in [7, 11) is 0. The van der Waals surface area contributed by atoms with Crippen molar-refractivity contribution in [1.29, 1.82) is 0 Å². The van der Waals surface area contributed by atoms with Crippen molar-refractivity contribution in [2.75, 3.05) is 10.7 Å². The molecule has 0 atom stereocenters. The van der Waals surface area contributed by atoms with E-state index >= 15 is 0 Å². The van der Waals surface area contributed by atoms with E-state index in [2.05, 4.69) is 20.7 Å². The average molecular weight is 275 g/mol. The second kappa shape index (κ2) is 5.83. The van der Waals surface area contributed by atoms with Gasteiger partial charge in [-0.05, 0) is 36.6 Å². The van der Waals surface area contributed by atoms with Gasteiger partial charge in [-0.2, -0.15) is 0 Å². The molecule has 0 aliphatic heterocycles. The van der Waals surface area contributed by atoms with E-state index < -0.39 is 0 Å². The Bertz CT molecular complexity index is 613. The maximum absolute atomic E-state index is 13.3. The molecule has 0 radical (unpaired) electrons. The number of aryl methyl sites for hydroxylation is 1. The van der Waals surface area contributed by atoms with Gasteiger partial charge in [0.2, 0.25) is 0 Å². The van der Waals surface area contributed by atoms with Gasteiger partial charge in [0.15, 0.2) is 0 Å². The van der Waals surface area contributed by atoms with Crippen LogP contribution in [0.15, 0.2) is 24.5 Å². The normalized spacial score (nSPS) is 10.7. The molecule has 6 heteroatoms. The lowest BCUT2D eigenvalue weighted by molar-refractivity contribution is 0.619. The maximum atomic E-state index is 13.3. The van der Waals surface area contributed by atoms with Crippen LogP contribution in [0.3, 0.4) is 0 Å². The molecule has 0 unspecified atom stereocenters. The summed E-state index contributed by atoms with van der Waals surface area (Å²) >= 11 is 0. The zero-order chi connectivity index (χ0) is 14.7. The Labute approximate surface area is 117 Å². The van der Waals surface area contributed by atoms with Crippen LogP contribution in [0.4, 0.5) is 21.7 Å². The highest BCUT2D eigenvalue weighted by atomic mass is 19.1. The van der Waals surface area contributed by atoms with Crippen molar-refractivity contribution in [2.24, 2.45) is 5.84 Å². The molecule has 1 aromatic heterocycles. The third-order valence-electron chi connectivity index (χ3n) is 3.02. The van der Waals surface area contributed by atoms with Gasteiger partial charge in [-0.1, -0.05) is 13.8 Å². The van der Waals surface area contributed by atoms with Crippen LogP contribution in [0.25, 0.3) is 0 Å². The van der Waals surface area contributed by atoms with Gasteiger partial charge in [-0.3, -0.25) is 0 Å². The van der Waals surface area contributed by atoms with Crippen molar-refractivity contribution >= 4 is 17.3 Å². The molecular formula is C14H18FN5. The summed E-state index contributed by atoms with van der Waals surface area (Å²) in [6.07, 6.45) is 1.43. The van der Waals surface area contributed by atoms with Crippen molar-refractivity contribution in [2.45, 2.75) is 26.7 Å². The van der Waals surface area contributed by atoms with E-state index in [9.17, 15) is 4.39 Å². The van der Waals surface area contributed by atoms with Crippen molar-refractivity contribution in [3.05, 3.63) is 41.5 Å². The molecule has 0 saturated heterocycles. The van der Waals surface area contributed by atoms with E-state index in [1.165, 1.54) is 12.4 Å². The van der Waals surface area contributed by atoms with Crippen LogP contribution in [-0.2, 0) is 0 Å². The van der Waals surface area contributed by atoms with Crippen molar-refractivity contribution in [1.82, 2.24) is 9.97 Å². The molecule has 1 aromatic carbocycles. The first kappa shape index (κ1) is 14.2. The summed E-state index contributed by atoms with van der Waals surface area (Å²) in [4.78, 5) is 8.35. The fraction of sp³-hybridized carbons (Fsp3) is 0.286. The fourth-order valence-electron chi connectivity index (χ4n) is 2.02. The number of hydrazine groups is 1. The van der Waals surface area contributed by atoms with Gasteiger partial charge in [-0.15, -0.1) is 0 Å². The van der Waals surface area contributed by atoms with E-state index in [1.54, 1.807) is 19.1 Å². The summed E-state index contributed by atoms with van der Waals surface area (Å²) < 4.78 is 13.3. The van der Waals surface area contributed by atoms with Crippen molar-refractivity contribution in [3.8, 4) is 0 Å². The second-order valence-electron chi connectivity index (χ2n) is 4.87. The Morgan fingerprint density at radius 3 is 2.50 bits per heavy atom. The molecule has 5 nitrogen and oxygen atoms in total. The topological polar surface area (TPSA) is 75.9 Å². The molecule has 0 aliphatic carbocycles. The fourth-order valence-corrected chi connectivity index (χ4v) is 2.02. The zero-order valence-corrected chi connectivity index (χ0v) is 11.7. The van der Waals surface area contributed by atoms with Gasteiger partial charge < -0.3 is 10.7 Å². The van der Waals surface area contributed by atoms with E-state index in [0.717, 1.165) is 11.3 Å². The summed E-state index contributed by atoms with van der Waals surface area (Å²) in [5.74, 6) is 6.67. The smallest absolute Gasteiger partial charge is 0.148 e.